The highest BCUT2D eigenvalue weighted by atomic mass is 14.8. The Kier molecular flexibility index (Phi) is 11.1. The molecule has 2 aromatic rings. The van der Waals surface area contributed by atoms with Gasteiger partial charge in [0.25, 0.3) is 0 Å². The zero-order valence-corrected chi connectivity index (χ0v) is 24.4. The Labute approximate surface area is 224 Å². The second-order valence-corrected chi connectivity index (χ2v) is 9.54. The summed E-state index contributed by atoms with van der Waals surface area (Å²) < 4.78 is 0. The summed E-state index contributed by atoms with van der Waals surface area (Å²) in [4.78, 5) is 16.7. The molecule has 2 rings (SSSR count). The lowest BCUT2D eigenvalue weighted by atomic mass is 10.0. The van der Waals surface area contributed by atoms with E-state index in [4.69, 9.17) is 4.99 Å². The first kappa shape index (κ1) is 29.8. The van der Waals surface area contributed by atoms with E-state index in [1.807, 2.05) is 20.8 Å². The van der Waals surface area contributed by atoms with Crippen LogP contribution in [0.1, 0.15) is 95.5 Å². The molecule has 0 unspecified atom stereocenters. The Bertz CT molecular complexity index is 1360. The van der Waals surface area contributed by atoms with Gasteiger partial charge in [-0.05, 0) is 105 Å². The van der Waals surface area contributed by atoms with E-state index in [-0.39, 0.29) is 0 Å². The summed E-state index contributed by atoms with van der Waals surface area (Å²) in [5.74, 6) is 0. The van der Waals surface area contributed by atoms with Crippen LogP contribution in [0.5, 0.6) is 0 Å². The molecule has 4 nitrogen and oxygen atoms in total. The van der Waals surface area contributed by atoms with Crippen molar-refractivity contribution < 1.29 is 0 Å². The van der Waals surface area contributed by atoms with Crippen molar-refractivity contribution in [2.24, 2.45) is 9.98 Å². The summed E-state index contributed by atoms with van der Waals surface area (Å²) >= 11 is 0. The predicted molar refractivity (Wildman–Crippen MR) is 165 cm³/mol. The van der Waals surface area contributed by atoms with Crippen molar-refractivity contribution in [2.45, 2.75) is 87.5 Å². The first-order valence-corrected chi connectivity index (χ1v) is 13.6. The van der Waals surface area contributed by atoms with E-state index in [2.05, 4.69) is 87.5 Å². The number of nitrogens with zero attached hydrogens (tertiary/aromatic N) is 2. The maximum Gasteiger partial charge on any atom is 0.0675 e. The van der Waals surface area contributed by atoms with Crippen molar-refractivity contribution in [2.75, 3.05) is 0 Å². The molecular weight excluding hydrogens is 452 g/mol. The molecule has 37 heavy (non-hydrogen) atoms. The van der Waals surface area contributed by atoms with Gasteiger partial charge in [0.05, 0.1) is 11.4 Å². The third kappa shape index (κ3) is 7.31. The topological polar surface area (TPSA) is 56.3 Å². The largest absolute Gasteiger partial charge is 0.355 e. The molecule has 2 aromatic heterocycles. The third-order valence-electron chi connectivity index (χ3n) is 6.51. The number of nitrogens with one attached hydrogen (secondary N) is 2. The fourth-order valence-electron chi connectivity index (χ4n) is 4.77. The van der Waals surface area contributed by atoms with Gasteiger partial charge in [0.15, 0.2) is 0 Å². The minimum atomic E-state index is 0.762. The molecule has 0 aliphatic carbocycles. The normalized spacial score (nSPS) is 13.3. The molecule has 0 atom stereocenters. The average Bonchev–Trinajstić information content (AvgIpc) is 3.37. The van der Waals surface area contributed by atoms with Gasteiger partial charge in [-0.2, -0.15) is 0 Å². The molecule has 0 aliphatic rings. The number of rotatable bonds is 12. The lowest BCUT2D eigenvalue weighted by molar-refractivity contribution is 1.04. The van der Waals surface area contributed by atoms with Gasteiger partial charge in [-0.1, -0.05) is 54.4 Å². The predicted octanol–water partition coefficient (Wildman–Crippen LogP) is 7.15. The first-order chi connectivity index (χ1) is 17.6. The molecule has 0 spiro atoms. The number of allylic oxidation sites excluding steroid dienone is 3. The van der Waals surface area contributed by atoms with Crippen molar-refractivity contribution in [3.8, 4) is 0 Å². The molecule has 0 bridgehead atoms. The van der Waals surface area contributed by atoms with E-state index in [1.165, 1.54) is 22.3 Å². The van der Waals surface area contributed by atoms with Crippen LogP contribution in [0, 0.1) is 0 Å². The van der Waals surface area contributed by atoms with Crippen LogP contribution in [0.25, 0.3) is 18.2 Å². The summed E-state index contributed by atoms with van der Waals surface area (Å²) in [6.45, 7) is 29.1. The summed E-state index contributed by atoms with van der Waals surface area (Å²) in [7, 11) is 0. The van der Waals surface area contributed by atoms with Crippen LogP contribution in [0.15, 0.2) is 52.8 Å². The van der Waals surface area contributed by atoms with Crippen LogP contribution in [-0.2, 0) is 25.7 Å². The number of aliphatic imine (C=N–C) groups is 2. The van der Waals surface area contributed by atoms with Gasteiger partial charge in [0.2, 0.25) is 0 Å². The summed E-state index contributed by atoms with van der Waals surface area (Å²) in [6.07, 6.45) is 12.9. The second kappa shape index (κ2) is 13.8. The van der Waals surface area contributed by atoms with Gasteiger partial charge in [0.1, 0.15) is 0 Å². The summed E-state index contributed by atoms with van der Waals surface area (Å²) in [5.41, 5.74) is 12.2. The van der Waals surface area contributed by atoms with Gasteiger partial charge in [-0.3, -0.25) is 9.98 Å². The SMILES string of the molecule is C=CC(C=c1[nH]/c(=C\c2[nH]c(/C=C(\N=C(C)C)C(=C)CC)c(CC)c2CC)c(CC)c1CC)=NC(=C)C. The highest BCUT2D eigenvalue weighted by molar-refractivity contribution is 6.17. The van der Waals surface area contributed by atoms with Crippen molar-refractivity contribution >= 4 is 29.7 Å². The van der Waals surface area contributed by atoms with Crippen LogP contribution in [0.2, 0.25) is 0 Å². The fraction of sp³-hybridized carbons (Fsp3) is 0.394. The number of H-pyrrole nitrogens is 2. The lowest BCUT2D eigenvalue weighted by Gasteiger charge is -2.06. The molecule has 0 fully saturated rings. The van der Waals surface area contributed by atoms with Crippen LogP contribution in [0.3, 0.4) is 0 Å². The summed E-state index contributed by atoms with van der Waals surface area (Å²) in [6, 6.07) is 0. The molecule has 0 saturated heterocycles. The smallest absolute Gasteiger partial charge is 0.0675 e. The quantitative estimate of drug-likeness (QED) is 0.231. The Morgan fingerprint density at radius 3 is 1.81 bits per heavy atom. The van der Waals surface area contributed by atoms with Crippen molar-refractivity contribution in [1.29, 1.82) is 0 Å². The van der Waals surface area contributed by atoms with E-state index in [0.717, 1.165) is 82.6 Å². The Hall–Kier alpha value is -3.40. The molecule has 0 radical (unpaired) electrons. The molecule has 198 valence electrons. The third-order valence-corrected chi connectivity index (χ3v) is 6.51. The van der Waals surface area contributed by atoms with Gasteiger partial charge >= 0.3 is 0 Å². The van der Waals surface area contributed by atoms with Crippen molar-refractivity contribution in [3.63, 3.8) is 0 Å². The average molecular weight is 499 g/mol. The molecule has 2 N–H and O–H groups in total. The minimum absolute atomic E-state index is 0.762. The van der Waals surface area contributed by atoms with E-state index < -0.39 is 0 Å². The van der Waals surface area contributed by atoms with E-state index >= 15 is 0 Å². The van der Waals surface area contributed by atoms with Gasteiger partial charge in [0, 0.05) is 33.5 Å². The molecule has 0 saturated carbocycles. The van der Waals surface area contributed by atoms with Crippen molar-refractivity contribution in [3.05, 3.63) is 87.1 Å². The van der Waals surface area contributed by atoms with Crippen LogP contribution < -0.4 is 10.7 Å². The first-order valence-electron chi connectivity index (χ1n) is 13.6. The molecule has 2 heterocycles. The zero-order valence-electron chi connectivity index (χ0n) is 24.4. The zero-order chi connectivity index (χ0) is 27.7. The number of aromatic amines is 2. The molecule has 4 heteroatoms. The maximum absolute atomic E-state index is 4.79. The van der Waals surface area contributed by atoms with Gasteiger partial charge in [-0.25, -0.2) is 0 Å². The van der Waals surface area contributed by atoms with Crippen LogP contribution in [0.4, 0.5) is 0 Å². The Morgan fingerprint density at radius 1 is 0.757 bits per heavy atom. The molecular formula is C33H46N4. The second-order valence-electron chi connectivity index (χ2n) is 9.54. The van der Waals surface area contributed by atoms with E-state index in [1.54, 1.807) is 6.08 Å². The number of hydrogen-bond acceptors (Lipinski definition) is 2. The van der Waals surface area contributed by atoms with Crippen LogP contribution in [-0.4, -0.2) is 21.4 Å². The van der Waals surface area contributed by atoms with Crippen LogP contribution >= 0.6 is 0 Å². The lowest BCUT2D eigenvalue weighted by Crippen LogP contribution is -2.14. The highest BCUT2D eigenvalue weighted by Gasteiger charge is 2.15. The monoisotopic (exact) mass is 498 g/mol. The highest BCUT2D eigenvalue weighted by Crippen LogP contribution is 2.26. The van der Waals surface area contributed by atoms with Gasteiger partial charge in [-0.15, -0.1) is 0 Å². The van der Waals surface area contributed by atoms with E-state index in [0.29, 0.717) is 0 Å². The maximum atomic E-state index is 4.79. The van der Waals surface area contributed by atoms with Gasteiger partial charge < -0.3 is 9.97 Å². The van der Waals surface area contributed by atoms with E-state index in [9.17, 15) is 0 Å². The Morgan fingerprint density at radius 2 is 1.32 bits per heavy atom. The molecule has 0 aromatic carbocycles. The standard InChI is InChI=1S/C33H46N4/c1-12-23(11)29(35-22(9)10)19-31-27(16-5)28(17-6)33(37-31)20-32-26(15-4)25(14-3)30(36-32)18-24(13-2)34-21(7)8/h13,18-20,36-37H,2,7,11-12,14-17H2,1,3-6,8-10H3/b29-19-,30-18?,32-20-,34-24?. The Balaban J connectivity index is 2.87. The van der Waals surface area contributed by atoms with Crippen molar-refractivity contribution in [1.82, 2.24) is 9.97 Å². The number of aromatic nitrogens is 2. The number of hydrogen-bond donors (Lipinski definition) is 2. The summed E-state index contributed by atoms with van der Waals surface area (Å²) in [5, 5.41) is 2.22. The fourth-order valence-corrected chi connectivity index (χ4v) is 4.77. The molecule has 0 amide bonds. The molecule has 0 aliphatic heterocycles. The minimum Gasteiger partial charge on any atom is -0.355 e.